The molecule has 110 valence electrons. The molecule has 0 bridgehead atoms. The van der Waals surface area contributed by atoms with Gasteiger partial charge in [0.05, 0.1) is 5.56 Å². The summed E-state index contributed by atoms with van der Waals surface area (Å²) in [5.74, 6) is -2.39. The lowest BCUT2D eigenvalue weighted by Crippen LogP contribution is -2.37. The second-order valence-corrected chi connectivity index (χ2v) is 5.10. The van der Waals surface area contributed by atoms with Crippen LogP contribution in [0.3, 0.4) is 0 Å². The summed E-state index contributed by atoms with van der Waals surface area (Å²) in [6.45, 7) is 2.02. The van der Waals surface area contributed by atoms with Gasteiger partial charge in [-0.3, -0.25) is 4.79 Å². The molecule has 1 aromatic rings. The Morgan fingerprint density at radius 3 is 2.75 bits per heavy atom. The Morgan fingerprint density at radius 1 is 1.35 bits per heavy atom. The van der Waals surface area contributed by atoms with Crippen LogP contribution in [0.15, 0.2) is 18.2 Å². The lowest BCUT2D eigenvalue weighted by atomic mass is 10.0. The number of rotatable bonds is 5. The van der Waals surface area contributed by atoms with Gasteiger partial charge in [-0.2, -0.15) is 0 Å². The summed E-state index contributed by atoms with van der Waals surface area (Å²) in [6.07, 6.45) is 2.08. The quantitative estimate of drug-likeness (QED) is 0.778. The van der Waals surface area contributed by atoms with Crippen molar-refractivity contribution in [3.8, 4) is 0 Å². The van der Waals surface area contributed by atoms with Crippen molar-refractivity contribution >= 4 is 5.78 Å². The molecule has 0 saturated carbocycles. The summed E-state index contributed by atoms with van der Waals surface area (Å²) in [6, 6.07) is 4.09. The van der Waals surface area contributed by atoms with Gasteiger partial charge >= 0.3 is 0 Å². The largest absolute Gasteiger partial charge is 0.381 e. The fraction of sp³-hybridized carbons (Fsp3) is 0.533. The molecule has 20 heavy (non-hydrogen) atoms. The first-order chi connectivity index (χ1) is 9.59. The monoisotopic (exact) mass is 283 g/mol. The predicted molar refractivity (Wildman–Crippen MR) is 71.8 cm³/mol. The average Bonchev–Trinajstić information content (AvgIpc) is 2.48. The normalized spacial score (nSPS) is 16.6. The molecule has 0 aliphatic carbocycles. The number of carbonyl (C=O) groups is 1. The van der Waals surface area contributed by atoms with Crippen molar-refractivity contribution in [1.29, 1.82) is 0 Å². The van der Waals surface area contributed by atoms with Gasteiger partial charge in [0, 0.05) is 32.2 Å². The maximum absolute atomic E-state index is 13.5. The molecule has 0 radical (unpaired) electrons. The highest BCUT2D eigenvalue weighted by molar-refractivity contribution is 5.96. The number of benzene rings is 1. The molecule has 0 atom stereocenters. The smallest absolute Gasteiger partial charge is 0.169 e. The SMILES string of the molecule is CN(CCC(=O)c1cccc(F)c1F)C1CCOCC1. The molecular formula is C15H19F2NO2. The van der Waals surface area contributed by atoms with E-state index < -0.39 is 11.6 Å². The molecule has 0 unspecified atom stereocenters. The molecule has 3 nitrogen and oxygen atoms in total. The van der Waals surface area contributed by atoms with Gasteiger partial charge in [-0.25, -0.2) is 8.78 Å². The van der Waals surface area contributed by atoms with E-state index >= 15 is 0 Å². The maximum atomic E-state index is 13.5. The number of hydrogen-bond donors (Lipinski definition) is 0. The van der Waals surface area contributed by atoms with Gasteiger partial charge in [-0.1, -0.05) is 6.07 Å². The van der Waals surface area contributed by atoms with E-state index in [9.17, 15) is 13.6 Å². The van der Waals surface area contributed by atoms with Gasteiger partial charge in [-0.05, 0) is 32.0 Å². The van der Waals surface area contributed by atoms with Crippen molar-refractivity contribution in [2.75, 3.05) is 26.8 Å². The molecule has 0 N–H and O–H groups in total. The maximum Gasteiger partial charge on any atom is 0.169 e. The van der Waals surface area contributed by atoms with E-state index in [0.717, 1.165) is 32.1 Å². The third-order valence-corrected chi connectivity index (χ3v) is 3.76. The zero-order valence-electron chi connectivity index (χ0n) is 11.6. The Kier molecular flexibility index (Phi) is 5.20. The van der Waals surface area contributed by atoms with Crippen LogP contribution in [-0.4, -0.2) is 43.5 Å². The first kappa shape index (κ1) is 15.1. The molecular weight excluding hydrogens is 264 g/mol. The van der Waals surface area contributed by atoms with Crippen molar-refractivity contribution in [3.63, 3.8) is 0 Å². The van der Waals surface area contributed by atoms with E-state index in [1.54, 1.807) is 0 Å². The highest BCUT2D eigenvalue weighted by atomic mass is 19.2. The number of halogens is 2. The van der Waals surface area contributed by atoms with E-state index in [1.807, 2.05) is 7.05 Å². The van der Waals surface area contributed by atoms with Crippen molar-refractivity contribution in [3.05, 3.63) is 35.4 Å². The molecule has 1 heterocycles. The lowest BCUT2D eigenvalue weighted by molar-refractivity contribution is 0.0425. The van der Waals surface area contributed by atoms with Gasteiger partial charge < -0.3 is 9.64 Å². The Morgan fingerprint density at radius 2 is 2.05 bits per heavy atom. The van der Waals surface area contributed by atoms with Crippen LogP contribution < -0.4 is 0 Å². The molecule has 5 heteroatoms. The van der Waals surface area contributed by atoms with Crippen LogP contribution in [0.2, 0.25) is 0 Å². The summed E-state index contributed by atoms with van der Waals surface area (Å²) in [7, 11) is 1.95. The van der Waals surface area contributed by atoms with E-state index in [0.29, 0.717) is 12.6 Å². The summed E-state index contributed by atoms with van der Waals surface area (Å²) >= 11 is 0. The van der Waals surface area contributed by atoms with Crippen LogP contribution in [0.1, 0.15) is 29.6 Å². The topological polar surface area (TPSA) is 29.5 Å². The van der Waals surface area contributed by atoms with Crippen molar-refractivity contribution in [1.82, 2.24) is 4.90 Å². The van der Waals surface area contributed by atoms with Crippen molar-refractivity contribution in [2.24, 2.45) is 0 Å². The molecule has 1 aliphatic rings. The minimum absolute atomic E-state index is 0.162. The van der Waals surface area contributed by atoms with Crippen LogP contribution >= 0.6 is 0 Å². The summed E-state index contributed by atoms with van der Waals surface area (Å²) in [4.78, 5) is 14.0. The van der Waals surface area contributed by atoms with Gasteiger partial charge in [0.2, 0.25) is 0 Å². The summed E-state index contributed by atoms with van der Waals surface area (Å²) in [5.41, 5.74) is -0.162. The van der Waals surface area contributed by atoms with Crippen LogP contribution in [0.5, 0.6) is 0 Å². The predicted octanol–water partition coefficient (Wildman–Crippen LogP) is 2.65. The number of carbonyl (C=O) groups excluding carboxylic acids is 1. The highest BCUT2D eigenvalue weighted by Gasteiger charge is 2.20. The van der Waals surface area contributed by atoms with Crippen LogP contribution in [0.4, 0.5) is 8.78 Å². The Balaban J connectivity index is 1.89. The minimum atomic E-state index is -1.05. The number of Topliss-reactive ketones (excluding diaryl/α,β-unsaturated/α-hetero) is 1. The third kappa shape index (κ3) is 3.61. The van der Waals surface area contributed by atoms with Crippen molar-refractivity contribution in [2.45, 2.75) is 25.3 Å². The second-order valence-electron chi connectivity index (χ2n) is 5.10. The lowest BCUT2D eigenvalue weighted by Gasteiger charge is -2.30. The Bertz CT molecular complexity index is 473. The molecule has 1 aliphatic heterocycles. The average molecular weight is 283 g/mol. The molecule has 1 aromatic carbocycles. The van der Waals surface area contributed by atoms with E-state index in [1.165, 1.54) is 12.1 Å². The fourth-order valence-corrected chi connectivity index (χ4v) is 2.44. The van der Waals surface area contributed by atoms with Crippen molar-refractivity contribution < 1.29 is 18.3 Å². The first-order valence-corrected chi connectivity index (χ1v) is 6.85. The molecule has 2 rings (SSSR count). The molecule has 1 fully saturated rings. The third-order valence-electron chi connectivity index (χ3n) is 3.76. The molecule has 0 amide bonds. The van der Waals surface area contributed by atoms with Gasteiger partial charge in [-0.15, -0.1) is 0 Å². The zero-order chi connectivity index (χ0) is 14.5. The van der Waals surface area contributed by atoms with Gasteiger partial charge in [0.1, 0.15) is 0 Å². The van der Waals surface area contributed by atoms with Crippen LogP contribution in [-0.2, 0) is 4.74 Å². The standard InChI is InChI=1S/C15H19F2NO2/c1-18(11-6-9-20-10-7-11)8-5-14(19)12-3-2-4-13(16)15(12)17/h2-4,11H,5-10H2,1H3. The van der Waals surface area contributed by atoms with Crippen LogP contribution in [0, 0.1) is 11.6 Å². The number of hydrogen-bond acceptors (Lipinski definition) is 3. The van der Waals surface area contributed by atoms with Gasteiger partial charge in [0.25, 0.3) is 0 Å². The van der Waals surface area contributed by atoms with E-state index in [4.69, 9.17) is 4.74 Å². The Labute approximate surface area is 117 Å². The minimum Gasteiger partial charge on any atom is -0.381 e. The molecule has 0 spiro atoms. The highest BCUT2D eigenvalue weighted by Crippen LogP contribution is 2.16. The number of nitrogens with zero attached hydrogens (tertiary/aromatic N) is 1. The Hall–Kier alpha value is -1.33. The first-order valence-electron chi connectivity index (χ1n) is 6.85. The number of ketones is 1. The van der Waals surface area contributed by atoms with Crippen LogP contribution in [0.25, 0.3) is 0 Å². The summed E-state index contributed by atoms with van der Waals surface area (Å²) < 4.78 is 31.9. The fourth-order valence-electron chi connectivity index (χ4n) is 2.44. The van der Waals surface area contributed by atoms with E-state index in [-0.39, 0.29) is 17.8 Å². The molecule has 1 saturated heterocycles. The molecule has 0 aromatic heterocycles. The zero-order valence-corrected chi connectivity index (χ0v) is 11.6. The van der Waals surface area contributed by atoms with E-state index in [2.05, 4.69) is 4.90 Å². The van der Waals surface area contributed by atoms with Gasteiger partial charge in [0.15, 0.2) is 17.4 Å². The second kappa shape index (κ2) is 6.90. The number of ether oxygens (including phenoxy) is 1. The summed E-state index contributed by atoms with van der Waals surface area (Å²) in [5, 5.41) is 0.